The van der Waals surface area contributed by atoms with Crippen LogP contribution < -0.4 is 0 Å². The van der Waals surface area contributed by atoms with Crippen LogP contribution in [-0.4, -0.2) is 11.1 Å². The summed E-state index contributed by atoms with van der Waals surface area (Å²) in [5.41, 5.74) is 0. The molecule has 0 heterocycles. The number of unbranched alkanes of at least 4 members (excludes halogenated alkanes) is 4. The molecule has 0 bridgehead atoms. The van der Waals surface area contributed by atoms with Gasteiger partial charge in [-0.05, 0) is 0 Å². The Bertz CT molecular complexity index is 76.6. The van der Waals surface area contributed by atoms with Gasteiger partial charge in [-0.2, -0.15) is 0 Å². The van der Waals surface area contributed by atoms with E-state index in [-0.39, 0.29) is 12.4 Å². The zero-order valence-corrected chi connectivity index (χ0v) is 9.12. The molecule has 1 N–H and O–H groups in total. The molecule has 0 spiro atoms. The average Bonchev–Trinajstić information content (AvgIpc) is 1.88. The highest BCUT2D eigenvalue weighted by Gasteiger charge is 1.80. The lowest BCUT2D eigenvalue weighted by Crippen LogP contribution is -1.78. The molecule has 0 aromatic carbocycles. The molecule has 0 fully saturated rings. The molecule has 0 saturated heterocycles. The van der Waals surface area contributed by atoms with Crippen LogP contribution in [0.15, 0.2) is 0 Å². The molecule has 0 aliphatic carbocycles. The van der Waals surface area contributed by atoms with E-state index in [1.807, 2.05) is 0 Å². The lowest BCUT2D eigenvalue weighted by molar-refractivity contribution is -0.134. The maximum atomic E-state index is 9.00. The van der Waals surface area contributed by atoms with Gasteiger partial charge >= 0.3 is 0 Å². The third-order valence-electron chi connectivity index (χ3n) is 1.21. The van der Waals surface area contributed by atoms with Gasteiger partial charge in [0.2, 0.25) is 0 Å². The van der Waals surface area contributed by atoms with Gasteiger partial charge in [0.25, 0.3) is 5.97 Å². The number of hydrogen-bond acceptors (Lipinski definition) is 1. The summed E-state index contributed by atoms with van der Waals surface area (Å²) in [6, 6.07) is 0. The molecule has 0 aliphatic rings. The highest BCUT2D eigenvalue weighted by Crippen LogP contribution is 2.00. The molecule has 0 amide bonds. The molecule has 0 aromatic rings. The Morgan fingerprint density at radius 2 is 1.33 bits per heavy atom. The molecular weight excluding hydrogens is 176 g/mol. The Morgan fingerprint density at radius 1 is 1.08 bits per heavy atom. The van der Waals surface area contributed by atoms with E-state index in [2.05, 4.69) is 13.8 Å². The summed E-state index contributed by atoms with van der Waals surface area (Å²) in [6.45, 7) is 5.57. The van der Waals surface area contributed by atoms with Crippen molar-refractivity contribution in [3.63, 3.8) is 0 Å². The number of carboxylic acid groups (broad SMARTS) is 1. The van der Waals surface area contributed by atoms with Crippen LogP contribution in [0.1, 0.15) is 52.9 Å². The second-order valence-electron chi connectivity index (χ2n) is 2.58. The predicted octanol–water partition coefficient (Wildman–Crippen LogP) is 3.49. The molecule has 0 aromatic heterocycles. The number of halogens is 1. The molecular formula is C9H21ClO2. The topological polar surface area (TPSA) is 37.3 Å². The fourth-order valence-electron chi connectivity index (χ4n) is 0.677. The number of aliphatic carboxylic acids is 1. The highest BCUT2D eigenvalue weighted by atomic mass is 35.5. The molecule has 2 nitrogen and oxygen atoms in total. The quantitative estimate of drug-likeness (QED) is 0.699. The molecule has 0 radical (unpaired) electrons. The van der Waals surface area contributed by atoms with Crippen molar-refractivity contribution in [1.29, 1.82) is 0 Å². The van der Waals surface area contributed by atoms with E-state index in [1.165, 1.54) is 32.1 Å². The van der Waals surface area contributed by atoms with Crippen LogP contribution in [0.3, 0.4) is 0 Å². The fraction of sp³-hybridized carbons (Fsp3) is 0.889. The van der Waals surface area contributed by atoms with E-state index in [0.717, 1.165) is 6.92 Å². The number of rotatable bonds is 4. The normalized spacial score (nSPS) is 7.58. The number of carbonyl (C=O) groups is 1. The Labute approximate surface area is 81.8 Å². The number of carboxylic acids is 1. The average molecular weight is 197 g/mol. The van der Waals surface area contributed by atoms with Crippen molar-refractivity contribution in [3.05, 3.63) is 0 Å². The largest absolute Gasteiger partial charge is 0.481 e. The van der Waals surface area contributed by atoms with Crippen LogP contribution in [0.2, 0.25) is 0 Å². The Morgan fingerprint density at radius 3 is 1.50 bits per heavy atom. The van der Waals surface area contributed by atoms with Crippen LogP contribution in [-0.2, 0) is 4.79 Å². The standard InChI is InChI=1S/C7H16.C2H4O2.ClH/c1-3-5-7-6-4-2;1-2(3)4;/h3-7H2,1-2H3;1H3,(H,3,4);1H. The first-order valence-corrected chi connectivity index (χ1v) is 4.34. The first kappa shape index (κ1) is 17.7. The van der Waals surface area contributed by atoms with Crippen LogP contribution in [0.5, 0.6) is 0 Å². The lowest BCUT2D eigenvalue weighted by Gasteiger charge is -1.90. The Hall–Kier alpha value is -0.240. The van der Waals surface area contributed by atoms with Gasteiger partial charge in [-0.15, -0.1) is 12.4 Å². The summed E-state index contributed by atoms with van der Waals surface area (Å²) >= 11 is 0. The van der Waals surface area contributed by atoms with Crippen molar-refractivity contribution in [2.45, 2.75) is 52.9 Å². The van der Waals surface area contributed by atoms with Crippen molar-refractivity contribution >= 4 is 18.4 Å². The van der Waals surface area contributed by atoms with Gasteiger partial charge in [-0.1, -0.05) is 46.0 Å². The minimum absolute atomic E-state index is 0. The summed E-state index contributed by atoms with van der Waals surface area (Å²) in [5.74, 6) is -0.833. The summed E-state index contributed by atoms with van der Waals surface area (Å²) in [7, 11) is 0. The van der Waals surface area contributed by atoms with Gasteiger partial charge in [-0.25, -0.2) is 0 Å². The van der Waals surface area contributed by atoms with Gasteiger partial charge in [0, 0.05) is 6.92 Å². The first-order chi connectivity index (χ1) is 5.15. The molecule has 0 saturated carbocycles. The zero-order valence-electron chi connectivity index (χ0n) is 8.30. The Balaban J connectivity index is -0.000000142. The summed E-state index contributed by atoms with van der Waals surface area (Å²) in [5, 5.41) is 7.42. The highest BCUT2D eigenvalue weighted by molar-refractivity contribution is 5.85. The molecule has 0 atom stereocenters. The molecule has 3 heteroatoms. The fourth-order valence-corrected chi connectivity index (χ4v) is 0.677. The molecule has 0 aliphatic heterocycles. The zero-order chi connectivity index (χ0) is 9.11. The van der Waals surface area contributed by atoms with Crippen LogP contribution in [0.4, 0.5) is 0 Å². The third-order valence-corrected chi connectivity index (χ3v) is 1.21. The third kappa shape index (κ3) is 53.0. The van der Waals surface area contributed by atoms with E-state index in [9.17, 15) is 0 Å². The van der Waals surface area contributed by atoms with Crippen molar-refractivity contribution in [2.75, 3.05) is 0 Å². The Kier molecular flexibility index (Phi) is 25.2. The maximum Gasteiger partial charge on any atom is 0.300 e. The van der Waals surface area contributed by atoms with Crippen molar-refractivity contribution in [1.82, 2.24) is 0 Å². The smallest absolute Gasteiger partial charge is 0.300 e. The first-order valence-electron chi connectivity index (χ1n) is 4.34. The van der Waals surface area contributed by atoms with Crippen LogP contribution in [0, 0.1) is 0 Å². The van der Waals surface area contributed by atoms with E-state index in [4.69, 9.17) is 9.90 Å². The predicted molar refractivity (Wildman–Crippen MR) is 55.0 cm³/mol. The minimum atomic E-state index is -0.833. The van der Waals surface area contributed by atoms with E-state index < -0.39 is 5.97 Å². The summed E-state index contributed by atoms with van der Waals surface area (Å²) in [4.78, 5) is 9.00. The van der Waals surface area contributed by atoms with Gasteiger partial charge in [0.05, 0.1) is 0 Å². The van der Waals surface area contributed by atoms with E-state index in [1.54, 1.807) is 0 Å². The monoisotopic (exact) mass is 196 g/mol. The molecule has 76 valence electrons. The van der Waals surface area contributed by atoms with E-state index in [0.29, 0.717) is 0 Å². The van der Waals surface area contributed by atoms with Gasteiger partial charge in [0.15, 0.2) is 0 Å². The van der Waals surface area contributed by atoms with Crippen molar-refractivity contribution < 1.29 is 9.90 Å². The van der Waals surface area contributed by atoms with Gasteiger partial charge < -0.3 is 5.11 Å². The molecule has 12 heavy (non-hydrogen) atoms. The second kappa shape index (κ2) is 17.0. The van der Waals surface area contributed by atoms with Gasteiger partial charge in [-0.3, -0.25) is 4.79 Å². The number of hydrogen-bond donors (Lipinski definition) is 1. The molecule has 0 unspecified atom stereocenters. The van der Waals surface area contributed by atoms with Crippen LogP contribution in [0.25, 0.3) is 0 Å². The SMILES string of the molecule is CC(=O)O.CCCCCCC.Cl. The van der Waals surface area contributed by atoms with E-state index >= 15 is 0 Å². The second-order valence-corrected chi connectivity index (χ2v) is 2.58. The van der Waals surface area contributed by atoms with Crippen LogP contribution >= 0.6 is 12.4 Å². The van der Waals surface area contributed by atoms with Gasteiger partial charge in [0.1, 0.15) is 0 Å². The van der Waals surface area contributed by atoms with Crippen molar-refractivity contribution in [3.8, 4) is 0 Å². The summed E-state index contributed by atoms with van der Waals surface area (Å²) in [6.07, 6.45) is 7.01. The van der Waals surface area contributed by atoms with Crippen molar-refractivity contribution in [2.24, 2.45) is 0 Å². The summed E-state index contributed by atoms with van der Waals surface area (Å²) < 4.78 is 0. The maximum absolute atomic E-state index is 9.00. The minimum Gasteiger partial charge on any atom is -0.481 e. The molecule has 0 rings (SSSR count). The lowest BCUT2D eigenvalue weighted by atomic mass is 10.2.